The van der Waals surface area contributed by atoms with Crippen LogP contribution in [0.1, 0.15) is 35.2 Å². The van der Waals surface area contributed by atoms with Crippen LogP contribution in [0.3, 0.4) is 0 Å². The Labute approximate surface area is 123 Å². The van der Waals surface area contributed by atoms with Crippen LogP contribution in [0, 0.1) is 0 Å². The van der Waals surface area contributed by atoms with E-state index in [-0.39, 0.29) is 5.76 Å². The zero-order chi connectivity index (χ0) is 14.8. The number of hydrazine groups is 1. The summed E-state index contributed by atoms with van der Waals surface area (Å²) >= 11 is 0. The molecule has 0 bridgehead atoms. The predicted molar refractivity (Wildman–Crippen MR) is 80.8 cm³/mol. The molecule has 2 heterocycles. The first-order valence-corrected chi connectivity index (χ1v) is 7.13. The number of nitrogens with two attached hydrogens (primary N) is 1. The highest BCUT2D eigenvalue weighted by molar-refractivity contribution is 5.90. The molecule has 0 saturated carbocycles. The standard InChI is InChI=1S/C16H19N3O2/c1-11-6-7-12-4-2-3-5-14(12)19(11)10-13-8-9-15(21-13)16(20)18-17/h2-5,8-9,11H,6-7,10,17H2,1H3,(H,18,20). The Kier molecular flexibility index (Phi) is 3.66. The third-order valence-electron chi connectivity index (χ3n) is 4.01. The van der Waals surface area contributed by atoms with Gasteiger partial charge in [0.15, 0.2) is 5.76 Å². The molecule has 5 heteroatoms. The highest BCUT2D eigenvalue weighted by Crippen LogP contribution is 2.31. The van der Waals surface area contributed by atoms with Crippen LogP contribution in [0.2, 0.25) is 0 Å². The number of benzene rings is 1. The van der Waals surface area contributed by atoms with Crippen LogP contribution in [-0.4, -0.2) is 11.9 Å². The van der Waals surface area contributed by atoms with Gasteiger partial charge in [-0.1, -0.05) is 18.2 Å². The molecule has 1 unspecified atom stereocenters. The number of nitrogens with one attached hydrogen (secondary N) is 1. The Balaban J connectivity index is 1.84. The molecule has 1 aromatic carbocycles. The Bertz CT molecular complexity index is 650. The van der Waals surface area contributed by atoms with Gasteiger partial charge in [0, 0.05) is 11.7 Å². The van der Waals surface area contributed by atoms with E-state index >= 15 is 0 Å². The molecule has 0 saturated heterocycles. The van der Waals surface area contributed by atoms with Gasteiger partial charge in [-0.15, -0.1) is 0 Å². The summed E-state index contributed by atoms with van der Waals surface area (Å²) in [6.45, 7) is 2.86. The fourth-order valence-corrected chi connectivity index (χ4v) is 2.83. The molecule has 5 nitrogen and oxygen atoms in total. The molecule has 1 aromatic heterocycles. The summed E-state index contributed by atoms with van der Waals surface area (Å²) < 4.78 is 5.57. The number of rotatable bonds is 3. The smallest absolute Gasteiger partial charge is 0.300 e. The number of furan rings is 1. The molecular formula is C16H19N3O2. The predicted octanol–water partition coefficient (Wildman–Crippen LogP) is 2.22. The van der Waals surface area contributed by atoms with Crippen LogP contribution >= 0.6 is 0 Å². The number of aryl methyl sites for hydroxylation is 1. The number of para-hydroxylation sites is 1. The van der Waals surface area contributed by atoms with E-state index in [2.05, 4.69) is 41.5 Å². The molecule has 21 heavy (non-hydrogen) atoms. The Hall–Kier alpha value is -2.27. The van der Waals surface area contributed by atoms with Gasteiger partial charge in [-0.05, 0) is 43.5 Å². The molecule has 0 radical (unpaired) electrons. The minimum absolute atomic E-state index is 0.241. The largest absolute Gasteiger partial charge is 0.454 e. The van der Waals surface area contributed by atoms with Crippen molar-refractivity contribution >= 4 is 11.6 Å². The number of hydrogen-bond acceptors (Lipinski definition) is 4. The van der Waals surface area contributed by atoms with Crippen molar-refractivity contribution < 1.29 is 9.21 Å². The van der Waals surface area contributed by atoms with E-state index in [0.29, 0.717) is 12.6 Å². The van der Waals surface area contributed by atoms with Crippen LogP contribution < -0.4 is 16.2 Å². The molecule has 1 atom stereocenters. The lowest BCUT2D eigenvalue weighted by Gasteiger charge is -2.36. The number of amides is 1. The lowest BCUT2D eigenvalue weighted by Crippen LogP contribution is -2.36. The highest BCUT2D eigenvalue weighted by atomic mass is 16.4. The van der Waals surface area contributed by atoms with Crippen molar-refractivity contribution in [1.29, 1.82) is 0 Å². The van der Waals surface area contributed by atoms with E-state index in [1.54, 1.807) is 6.07 Å². The van der Waals surface area contributed by atoms with E-state index in [9.17, 15) is 4.79 Å². The molecule has 1 amide bonds. The number of nitrogens with zero attached hydrogens (tertiary/aromatic N) is 1. The second kappa shape index (κ2) is 5.61. The summed E-state index contributed by atoms with van der Waals surface area (Å²) in [6, 6.07) is 12.4. The van der Waals surface area contributed by atoms with Gasteiger partial charge < -0.3 is 9.32 Å². The summed E-state index contributed by atoms with van der Waals surface area (Å²) in [5.74, 6) is 5.71. The molecule has 1 aliphatic rings. The minimum atomic E-state index is -0.409. The average molecular weight is 285 g/mol. The summed E-state index contributed by atoms with van der Waals surface area (Å²) in [5, 5.41) is 0. The van der Waals surface area contributed by atoms with E-state index in [1.807, 2.05) is 6.07 Å². The second-order valence-corrected chi connectivity index (χ2v) is 5.38. The van der Waals surface area contributed by atoms with Crippen molar-refractivity contribution in [3.8, 4) is 0 Å². The van der Waals surface area contributed by atoms with Gasteiger partial charge in [-0.2, -0.15) is 0 Å². The van der Waals surface area contributed by atoms with Crippen molar-refractivity contribution in [3.05, 3.63) is 53.5 Å². The maximum atomic E-state index is 11.4. The summed E-state index contributed by atoms with van der Waals surface area (Å²) in [4.78, 5) is 13.8. The van der Waals surface area contributed by atoms with E-state index in [1.165, 1.54) is 11.3 Å². The summed E-state index contributed by atoms with van der Waals surface area (Å²) in [7, 11) is 0. The van der Waals surface area contributed by atoms with Crippen molar-refractivity contribution in [1.82, 2.24) is 5.43 Å². The first kappa shape index (κ1) is 13.7. The van der Waals surface area contributed by atoms with Gasteiger partial charge in [0.2, 0.25) is 0 Å². The number of fused-ring (bicyclic) bond motifs is 1. The number of anilines is 1. The molecule has 2 aromatic rings. The Morgan fingerprint density at radius 1 is 1.38 bits per heavy atom. The highest BCUT2D eigenvalue weighted by Gasteiger charge is 2.23. The lowest BCUT2D eigenvalue weighted by atomic mass is 9.96. The van der Waals surface area contributed by atoms with Gasteiger partial charge >= 0.3 is 5.91 Å². The number of nitrogen functional groups attached to an aromatic ring is 1. The summed E-state index contributed by atoms with van der Waals surface area (Å²) in [6.07, 6.45) is 2.22. The van der Waals surface area contributed by atoms with Crippen molar-refractivity contribution in [2.75, 3.05) is 4.90 Å². The Morgan fingerprint density at radius 2 is 2.19 bits per heavy atom. The van der Waals surface area contributed by atoms with Crippen molar-refractivity contribution in [3.63, 3.8) is 0 Å². The van der Waals surface area contributed by atoms with E-state index in [0.717, 1.165) is 18.6 Å². The van der Waals surface area contributed by atoms with Crippen molar-refractivity contribution in [2.45, 2.75) is 32.4 Å². The average Bonchev–Trinajstić information content (AvgIpc) is 2.98. The van der Waals surface area contributed by atoms with Gasteiger partial charge in [-0.25, -0.2) is 5.84 Å². The van der Waals surface area contributed by atoms with Gasteiger partial charge in [0.1, 0.15) is 5.76 Å². The number of carbonyl (C=O) groups excluding carboxylic acids is 1. The summed E-state index contributed by atoms with van der Waals surface area (Å²) in [5.41, 5.74) is 4.69. The zero-order valence-corrected chi connectivity index (χ0v) is 12.0. The Morgan fingerprint density at radius 3 is 3.00 bits per heavy atom. The van der Waals surface area contributed by atoms with Crippen LogP contribution in [0.4, 0.5) is 5.69 Å². The van der Waals surface area contributed by atoms with Crippen molar-refractivity contribution in [2.24, 2.45) is 5.84 Å². The van der Waals surface area contributed by atoms with Gasteiger partial charge in [0.05, 0.1) is 6.54 Å². The first-order chi connectivity index (χ1) is 10.2. The molecular weight excluding hydrogens is 266 g/mol. The minimum Gasteiger partial charge on any atom is -0.454 e. The fraction of sp³-hybridized carbons (Fsp3) is 0.312. The molecule has 1 aliphatic heterocycles. The molecule has 110 valence electrons. The molecule has 0 fully saturated rings. The van der Waals surface area contributed by atoms with Crippen LogP contribution in [0.5, 0.6) is 0 Å². The number of carbonyl (C=O) groups is 1. The van der Waals surface area contributed by atoms with Gasteiger partial charge in [0.25, 0.3) is 0 Å². The monoisotopic (exact) mass is 285 g/mol. The first-order valence-electron chi connectivity index (χ1n) is 7.13. The maximum absolute atomic E-state index is 11.4. The second-order valence-electron chi connectivity index (χ2n) is 5.38. The van der Waals surface area contributed by atoms with E-state index < -0.39 is 5.91 Å². The van der Waals surface area contributed by atoms with Crippen LogP contribution in [0.15, 0.2) is 40.8 Å². The lowest BCUT2D eigenvalue weighted by molar-refractivity contribution is 0.0924. The normalized spacial score (nSPS) is 17.4. The quantitative estimate of drug-likeness (QED) is 0.515. The zero-order valence-electron chi connectivity index (χ0n) is 12.0. The molecule has 3 rings (SSSR count). The molecule has 3 N–H and O–H groups in total. The number of hydrogen-bond donors (Lipinski definition) is 2. The molecule has 0 aliphatic carbocycles. The fourth-order valence-electron chi connectivity index (χ4n) is 2.83. The van der Waals surface area contributed by atoms with Crippen LogP contribution in [-0.2, 0) is 13.0 Å². The van der Waals surface area contributed by atoms with Gasteiger partial charge in [-0.3, -0.25) is 10.2 Å². The third kappa shape index (κ3) is 2.64. The van der Waals surface area contributed by atoms with E-state index in [4.69, 9.17) is 10.3 Å². The maximum Gasteiger partial charge on any atom is 0.300 e. The molecule has 0 spiro atoms. The van der Waals surface area contributed by atoms with Crippen LogP contribution in [0.25, 0.3) is 0 Å². The third-order valence-corrected chi connectivity index (χ3v) is 4.01. The topological polar surface area (TPSA) is 71.5 Å². The SMILES string of the molecule is CC1CCc2ccccc2N1Cc1ccc(C(=O)NN)o1.